The molecule has 0 saturated heterocycles. The maximum absolute atomic E-state index is 11.2. The van der Waals surface area contributed by atoms with Gasteiger partial charge in [0, 0.05) is 0 Å². The van der Waals surface area contributed by atoms with Gasteiger partial charge in [0.15, 0.2) is 0 Å². The van der Waals surface area contributed by atoms with Crippen LogP contribution in [-0.4, -0.2) is 17.8 Å². The van der Waals surface area contributed by atoms with Gasteiger partial charge in [-0.3, -0.25) is 4.57 Å². The van der Waals surface area contributed by atoms with Gasteiger partial charge in [0.05, 0.1) is 12.7 Å². The van der Waals surface area contributed by atoms with E-state index in [1.807, 2.05) is 0 Å². The second-order valence-electron chi connectivity index (χ2n) is 3.00. The summed E-state index contributed by atoms with van der Waals surface area (Å²) in [6.07, 6.45) is -0.855. The van der Waals surface area contributed by atoms with Crippen molar-refractivity contribution in [3.63, 3.8) is 0 Å². The highest BCUT2D eigenvalue weighted by Crippen LogP contribution is 2.39. The van der Waals surface area contributed by atoms with Gasteiger partial charge in [-0.05, 0) is 19.1 Å². The molecule has 0 aliphatic rings. The second kappa shape index (κ2) is 5.28. The molecule has 5 nitrogen and oxygen atoms in total. The number of hydrogen-bond donors (Lipinski definition) is 1. The zero-order valence-corrected chi connectivity index (χ0v) is 9.09. The molecule has 1 aromatic rings. The molecule has 15 heavy (non-hydrogen) atoms. The van der Waals surface area contributed by atoms with Crippen molar-refractivity contribution < 1.29 is 23.6 Å². The smallest absolute Gasteiger partial charge is 0.319 e. The van der Waals surface area contributed by atoms with Gasteiger partial charge in [0.25, 0.3) is 0 Å². The molecule has 0 heterocycles. The van der Waals surface area contributed by atoms with Gasteiger partial charge in [0.1, 0.15) is 5.75 Å². The van der Waals surface area contributed by atoms with Crippen LogP contribution in [0.3, 0.4) is 0 Å². The van der Waals surface area contributed by atoms with Gasteiger partial charge in [0.2, 0.25) is 0 Å². The van der Waals surface area contributed by atoms with Crippen LogP contribution >= 0.6 is 7.82 Å². The van der Waals surface area contributed by atoms with Crippen molar-refractivity contribution in [2.75, 3.05) is 6.61 Å². The minimum absolute atomic E-state index is 0.182. The molecule has 1 rings (SSSR count). The summed E-state index contributed by atoms with van der Waals surface area (Å²) in [6.45, 7) is 1.11. The van der Waals surface area contributed by atoms with Crippen LogP contribution in [0, 0.1) is 0 Å². The molecule has 2 unspecified atom stereocenters. The Kier molecular flexibility index (Phi) is 4.29. The number of benzene rings is 1. The van der Waals surface area contributed by atoms with Crippen LogP contribution in [0.25, 0.3) is 0 Å². The Balaban J connectivity index is 2.53. The molecule has 0 spiro atoms. The molecule has 0 bridgehead atoms. The minimum atomic E-state index is -4.38. The Hall–Kier alpha value is -0.870. The third-order valence-corrected chi connectivity index (χ3v) is 2.33. The average molecular weight is 231 g/mol. The Morgan fingerprint density at radius 1 is 1.47 bits per heavy atom. The normalized spacial score (nSPS) is 16.7. The SMILES string of the molecule is CC(O)COP(=O)([O-])Oc1ccccc1. The van der Waals surface area contributed by atoms with E-state index in [0.717, 1.165) is 0 Å². The number of para-hydroxylation sites is 1. The van der Waals surface area contributed by atoms with Gasteiger partial charge >= 0.3 is 7.82 Å². The highest BCUT2D eigenvalue weighted by Gasteiger charge is 2.12. The lowest BCUT2D eigenvalue weighted by atomic mass is 10.3. The molecular weight excluding hydrogens is 219 g/mol. The summed E-state index contributed by atoms with van der Waals surface area (Å²) in [5.74, 6) is 0.182. The Morgan fingerprint density at radius 2 is 2.07 bits per heavy atom. The molecule has 2 atom stereocenters. The quantitative estimate of drug-likeness (QED) is 0.762. The van der Waals surface area contributed by atoms with Crippen LogP contribution in [0.5, 0.6) is 5.75 Å². The predicted octanol–water partition coefficient (Wildman–Crippen LogP) is 0.931. The maximum atomic E-state index is 11.2. The number of phosphoric acid groups is 1. The van der Waals surface area contributed by atoms with Gasteiger partial charge < -0.3 is 19.0 Å². The van der Waals surface area contributed by atoms with Crippen molar-refractivity contribution in [2.24, 2.45) is 0 Å². The molecule has 0 aromatic heterocycles. The molecule has 1 aromatic carbocycles. The van der Waals surface area contributed by atoms with E-state index in [4.69, 9.17) is 5.11 Å². The van der Waals surface area contributed by atoms with Crippen LogP contribution in [0.2, 0.25) is 0 Å². The van der Waals surface area contributed by atoms with E-state index in [0.29, 0.717) is 0 Å². The van der Waals surface area contributed by atoms with E-state index in [1.54, 1.807) is 18.2 Å². The van der Waals surface area contributed by atoms with Crippen molar-refractivity contribution in [1.82, 2.24) is 0 Å². The molecule has 0 fully saturated rings. The summed E-state index contributed by atoms with van der Waals surface area (Å²) < 4.78 is 20.2. The van der Waals surface area contributed by atoms with Gasteiger partial charge in [-0.25, -0.2) is 0 Å². The molecular formula is C9H12O5P-. The van der Waals surface area contributed by atoms with Crippen LogP contribution in [0.1, 0.15) is 6.92 Å². The molecule has 0 aliphatic heterocycles. The first kappa shape index (κ1) is 12.2. The molecule has 0 radical (unpaired) electrons. The van der Waals surface area contributed by atoms with E-state index in [1.165, 1.54) is 19.1 Å². The number of hydrogen-bond acceptors (Lipinski definition) is 5. The van der Waals surface area contributed by atoms with Gasteiger partial charge in [-0.1, -0.05) is 18.2 Å². The molecule has 1 N–H and O–H groups in total. The van der Waals surface area contributed by atoms with E-state index in [2.05, 4.69) is 9.05 Å². The first-order valence-electron chi connectivity index (χ1n) is 4.38. The van der Waals surface area contributed by atoms with Crippen molar-refractivity contribution >= 4 is 7.82 Å². The van der Waals surface area contributed by atoms with Crippen LogP contribution < -0.4 is 9.42 Å². The first-order chi connectivity index (χ1) is 6.99. The fourth-order valence-corrected chi connectivity index (χ4v) is 1.67. The summed E-state index contributed by atoms with van der Waals surface area (Å²) in [4.78, 5) is 11.2. The van der Waals surface area contributed by atoms with Crippen molar-refractivity contribution in [2.45, 2.75) is 13.0 Å². The van der Waals surface area contributed by atoms with Crippen molar-refractivity contribution in [1.29, 1.82) is 0 Å². The number of aliphatic hydroxyl groups excluding tert-OH is 1. The molecule has 0 amide bonds. The van der Waals surface area contributed by atoms with E-state index < -0.39 is 13.9 Å². The zero-order chi connectivity index (χ0) is 11.3. The highest BCUT2D eigenvalue weighted by molar-refractivity contribution is 7.46. The van der Waals surface area contributed by atoms with Crippen molar-refractivity contribution in [3.05, 3.63) is 30.3 Å². The van der Waals surface area contributed by atoms with Crippen LogP contribution in [0.15, 0.2) is 30.3 Å². The third kappa shape index (κ3) is 4.95. The summed E-state index contributed by atoms with van der Waals surface area (Å²) in [6, 6.07) is 8.01. The van der Waals surface area contributed by atoms with E-state index >= 15 is 0 Å². The molecule has 6 heteroatoms. The van der Waals surface area contributed by atoms with Crippen molar-refractivity contribution in [3.8, 4) is 5.75 Å². The predicted molar refractivity (Wildman–Crippen MR) is 52.3 cm³/mol. The molecule has 0 saturated carbocycles. The maximum Gasteiger partial charge on any atom is 0.319 e. The zero-order valence-electron chi connectivity index (χ0n) is 8.20. The minimum Gasteiger partial charge on any atom is -0.746 e. The fourth-order valence-electron chi connectivity index (χ4n) is 0.836. The average Bonchev–Trinajstić information content (AvgIpc) is 2.16. The number of phosphoric ester groups is 1. The monoisotopic (exact) mass is 231 g/mol. The topological polar surface area (TPSA) is 78.8 Å². The second-order valence-corrected chi connectivity index (χ2v) is 4.33. The standard InChI is InChI=1S/C9H13O5P/c1-8(10)7-13-15(11,12)14-9-5-3-2-4-6-9/h2-6,8,10H,7H2,1H3,(H,11,12)/p-1. The Labute approximate surface area is 87.9 Å². The lowest BCUT2D eigenvalue weighted by Crippen LogP contribution is -2.16. The van der Waals surface area contributed by atoms with Crippen LogP contribution in [0.4, 0.5) is 0 Å². The summed E-state index contributed by atoms with van der Waals surface area (Å²) in [7, 11) is -4.38. The van der Waals surface area contributed by atoms with E-state index in [9.17, 15) is 9.46 Å². The largest absolute Gasteiger partial charge is 0.746 e. The Bertz CT molecular complexity index is 338. The molecule has 0 aliphatic carbocycles. The summed E-state index contributed by atoms with van der Waals surface area (Å²) in [5, 5.41) is 8.84. The fraction of sp³-hybridized carbons (Fsp3) is 0.333. The lowest BCUT2D eigenvalue weighted by molar-refractivity contribution is -0.218. The van der Waals surface area contributed by atoms with E-state index in [-0.39, 0.29) is 12.4 Å². The molecule has 84 valence electrons. The third-order valence-electron chi connectivity index (χ3n) is 1.43. The Morgan fingerprint density at radius 3 is 2.60 bits per heavy atom. The number of aliphatic hydroxyl groups is 1. The van der Waals surface area contributed by atoms with Crippen LogP contribution in [-0.2, 0) is 9.09 Å². The van der Waals surface area contributed by atoms with Gasteiger partial charge in [-0.15, -0.1) is 0 Å². The summed E-state index contributed by atoms with van der Waals surface area (Å²) in [5.41, 5.74) is 0. The first-order valence-corrected chi connectivity index (χ1v) is 5.84. The van der Waals surface area contributed by atoms with Gasteiger partial charge in [-0.2, -0.15) is 0 Å². The number of rotatable bonds is 5. The summed E-state index contributed by atoms with van der Waals surface area (Å²) >= 11 is 0. The highest BCUT2D eigenvalue weighted by atomic mass is 31.2. The lowest BCUT2D eigenvalue weighted by Gasteiger charge is -2.23.